The summed E-state index contributed by atoms with van der Waals surface area (Å²) in [4.78, 5) is 14.3. The lowest BCUT2D eigenvalue weighted by atomic mass is 10.3. The summed E-state index contributed by atoms with van der Waals surface area (Å²) >= 11 is 0. The van der Waals surface area contributed by atoms with Crippen molar-refractivity contribution < 1.29 is 14.6 Å². The largest absolute Gasteiger partial charge is 0.488 e. The fourth-order valence-electron chi connectivity index (χ4n) is 0.855. The van der Waals surface area contributed by atoms with Crippen LogP contribution in [-0.2, 0) is 0 Å². The maximum atomic E-state index is 10.6. The van der Waals surface area contributed by atoms with E-state index in [0.29, 0.717) is 12.4 Å². The molecular weight excluding hydrogens is 182 g/mol. The molecule has 0 bridgehead atoms. The number of hydrogen-bond acceptors (Lipinski definition) is 3. The van der Waals surface area contributed by atoms with Gasteiger partial charge in [0.15, 0.2) is 0 Å². The van der Waals surface area contributed by atoms with E-state index in [1.54, 1.807) is 0 Å². The molecule has 4 nitrogen and oxygen atoms in total. The summed E-state index contributed by atoms with van der Waals surface area (Å²) in [6.45, 7) is 2.30. The third kappa shape index (κ3) is 2.90. The lowest BCUT2D eigenvalue weighted by molar-refractivity contribution is 0.0696. The first-order valence-electron chi connectivity index (χ1n) is 4.16. The normalized spacial score (nSPS) is 10.4. The molecule has 0 aliphatic rings. The van der Waals surface area contributed by atoms with Gasteiger partial charge in [-0.25, -0.2) is 4.79 Å². The van der Waals surface area contributed by atoms with Crippen LogP contribution in [0.2, 0.25) is 0 Å². The lowest BCUT2D eigenvalue weighted by Crippen LogP contribution is -1.99. The molecule has 1 N–H and O–H groups in total. The second-order valence-electron chi connectivity index (χ2n) is 2.59. The Balaban J connectivity index is 2.68. The van der Waals surface area contributed by atoms with Crippen molar-refractivity contribution in [2.24, 2.45) is 0 Å². The smallest absolute Gasteiger partial charge is 0.337 e. The first-order valence-corrected chi connectivity index (χ1v) is 4.16. The van der Waals surface area contributed by atoms with Gasteiger partial charge in [0.2, 0.25) is 0 Å². The number of rotatable bonds is 4. The second-order valence-corrected chi connectivity index (χ2v) is 2.59. The van der Waals surface area contributed by atoms with Gasteiger partial charge in [-0.1, -0.05) is 12.2 Å². The van der Waals surface area contributed by atoms with Crippen LogP contribution >= 0.6 is 0 Å². The van der Waals surface area contributed by atoms with Crippen LogP contribution in [0.5, 0.6) is 5.75 Å². The fourth-order valence-corrected chi connectivity index (χ4v) is 0.855. The van der Waals surface area contributed by atoms with Crippen LogP contribution in [0.1, 0.15) is 17.3 Å². The second kappa shape index (κ2) is 5.01. The molecular formula is C10H11NO3. The van der Waals surface area contributed by atoms with Crippen molar-refractivity contribution in [1.29, 1.82) is 0 Å². The Morgan fingerprint density at radius 3 is 3.07 bits per heavy atom. The molecule has 0 aliphatic carbocycles. The van der Waals surface area contributed by atoms with E-state index >= 15 is 0 Å². The van der Waals surface area contributed by atoms with Crippen LogP contribution in [0.25, 0.3) is 0 Å². The average Bonchev–Trinajstić information content (AvgIpc) is 2.19. The molecule has 0 amide bonds. The molecule has 0 fully saturated rings. The number of ether oxygens (including phenoxy) is 1. The van der Waals surface area contributed by atoms with Crippen LogP contribution in [0.15, 0.2) is 30.6 Å². The topological polar surface area (TPSA) is 59.4 Å². The van der Waals surface area contributed by atoms with Crippen LogP contribution in [0.4, 0.5) is 0 Å². The van der Waals surface area contributed by atoms with E-state index in [-0.39, 0.29) is 5.56 Å². The monoisotopic (exact) mass is 193 g/mol. The number of hydrogen-bond donors (Lipinski definition) is 1. The molecule has 0 unspecified atom stereocenters. The van der Waals surface area contributed by atoms with Gasteiger partial charge in [-0.2, -0.15) is 0 Å². The van der Waals surface area contributed by atoms with Crippen LogP contribution in [0.3, 0.4) is 0 Å². The number of aromatic carboxylic acids is 1. The Morgan fingerprint density at radius 2 is 2.43 bits per heavy atom. The zero-order valence-electron chi connectivity index (χ0n) is 7.80. The van der Waals surface area contributed by atoms with Gasteiger partial charge in [0.1, 0.15) is 12.4 Å². The SMILES string of the molecule is CC=CCOc1cncc(C(=O)O)c1. The Morgan fingerprint density at radius 1 is 1.64 bits per heavy atom. The molecule has 1 aromatic heterocycles. The van der Waals surface area contributed by atoms with E-state index in [1.807, 2.05) is 19.1 Å². The van der Waals surface area contributed by atoms with Gasteiger partial charge in [0, 0.05) is 6.20 Å². The van der Waals surface area contributed by atoms with Crippen molar-refractivity contribution >= 4 is 5.97 Å². The minimum Gasteiger partial charge on any atom is -0.488 e. The third-order valence-electron chi connectivity index (χ3n) is 1.54. The highest BCUT2D eigenvalue weighted by Gasteiger charge is 2.03. The first-order chi connectivity index (χ1) is 6.74. The van der Waals surface area contributed by atoms with Gasteiger partial charge in [0.05, 0.1) is 11.8 Å². The molecule has 0 spiro atoms. The van der Waals surface area contributed by atoms with Crippen molar-refractivity contribution in [2.75, 3.05) is 6.61 Å². The molecule has 1 rings (SSSR count). The van der Waals surface area contributed by atoms with Gasteiger partial charge in [-0.15, -0.1) is 0 Å². The molecule has 0 saturated carbocycles. The minimum atomic E-state index is -1.01. The van der Waals surface area contributed by atoms with E-state index in [0.717, 1.165) is 0 Å². The Hall–Kier alpha value is -1.84. The zero-order valence-corrected chi connectivity index (χ0v) is 7.80. The average molecular weight is 193 g/mol. The van der Waals surface area contributed by atoms with Gasteiger partial charge in [-0.3, -0.25) is 4.98 Å². The minimum absolute atomic E-state index is 0.128. The summed E-state index contributed by atoms with van der Waals surface area (Å²) in [5.74, 6) is -0.544. The van der Waals surface area contributed by atoms with E-state index in [1.165, 1.54) is 18.5 Å². The van der Waals surface area contributed by atoms with Gasteiger partial charge >= 0.3 is 5.97 Å². The number of carboxylic acid groups (broad SMARTS) is 1. The molecule has 0 aliphatic heterocycles. The molecule has 14 heavy (non-hydrogen) atoms. The summed E-state index contributed by atoms with van der Waals surface area (Å²) in [5.41, 5.74) is 0.128. The molecule has 0 radical (unpaired) electrons. The van der Waals surface area contributed by atoms with Crippen molar-refractivity contribution in [1.82, 2.24) is 4.98 Å². The Bertz CT molecular complexity index is 347. The molecule has 74 valence electrons. The van der Waals surface area contributed by atoms with E-state index in [9.17, 15) is 4.79 Å². The highest BCUT2D eigenvalue weighted by atomic mass is 16.5. The molecule has 0 saturated heterocycles. The number of carbonyl (C=O) groups is 1. The summed E-state index contributed by atoms with van der Waals surface area (Å²) in [5, 5.41) is 8.67. The summed E-state index contributed by atoms with van der Waals surface area (Å²) < 4.78 is 5.22. The zero-order chi connectivity index (χ0) is 10.4. The summed E-state index contributed by atoms with van der Waals surface area (Å²) in [7, 11) is 0. The highest BCUT2D eigenvalue weighted by molar-refractivity contribution is 5.87. The first kappa shape index (κ1) is 10.2. The van der Waals surface area contributed by atoms with E-state index in [2.05, 4.69) is 4.98 Å². The summed E-state index contributed by atoms with van der Waals surface area (Å²) in [6.07, 6.45) is 6.45. The summed E-state index contributed by atoms with van der Waals surface area (Å²) in [6, 6.07) is 1.44. The molecule has 1 heterocycles. The van der Waals surface area contributed by atoms with E-state index < -0.39 is 5.97 Å². The molecule has 0 aromatic carbocycles. The molecule has 0 atom stereocenters. The fraction of sp³-hybridized carbons (Fsp3) is 0.200. The predicted molar refractivity (Wildman–Crippen MR) is 51.5 cm³/mol. The van der Waals surface area contributed by atoms with Crippen molar-refractivity contribution in [3.05, 3.63) is 36.2 Å². The lowest BCUT2D eigenvalue weighted by Gasteiger charge is -2.02. The third-order valence-corrected chi connectivity index (χ3v) is 1.54. The van der Waals surface area contributed by atoms with Crippen molar-refractivity contribution in [3.8, 4) is 5.75 Å². The van der Waals surface area contributed by atoms with Gasteiger partial charge in [-0.05, 0) is 13.0 Å². The number of allylic oxidation sites excluding steroid dienone is 1. The quantitative estimate of drug-likeness (QED) is 0.740. The number of nitrogens with zero attached hydrogens (tertiary/aromatic N) is 1. The molecule has 4 heteroatoms. The highest BCUT2D eigenvalue weighted by Crippen LogP contribution is 2.10. The number of carboxylic acids is 1. The van der Waals surface area contributed by atoms with Gasteiger partial charge < -0.3 is 9.84 Å². The number of pyridine rings is 1. The maximum absolute atomic E-state index is 10.6. The standard InChI is InChI=1S/C10H11NO3/c1-2-3-4-14-9-5-8(10(12)13)6-11-7-9/h2-3,5-7H,4H2,1H3,(H,12,13). The van der Waals surface area contributed by atoms with Crippen LogP contribution in [-0.4, -0.2) is 22.7 Å². The van der Waals surface area contributed by atoms with Crippen molar-refractivity contribution in [3.63, 3.8) is 0 Å². The molecule has 1 aromatic rings. The van der Waals surface area contributed by atoms with Crippen molar-refractivity contribution in [2.45, 2.75) is 6.92 Å². The van der Waals surface area contributed by atoms with Crippen LogP contribution < -0.4 is 4.74 Å². The van der Waals surface area contributed by atoms with Gasteiger partial charge in [0.25, 0.3) is 0 Å². The number of aromatic nitrogens is 1. The maximum Gasteiger partial charge on any atom is 0.337 e. The Kier molecular flexibility index (Phi) is 3.67. The predicted octanol–water partition coefficient (Wildman–Crippen LogP) is 1.73. The Labute approximate surface area is 81.9 Å². The van der Waals surface area contributed by atoms with Crippen LogP contribution in [0, 0.1) is 0 Å². The van der Waals surface area contributed by atoms with E-state index in [4.69, 9.17) is 9.84 Å².